The van der Waals surface area contributed by atoms with Crippen LogP contribution in [0.3, 0.4) is 0 Å². The van der Waals surface area contributed by atoms with Gasteiger partial charge in [-0.15, -0.1) is 0 Å². The number of aromatic nitrogens is 2. The Morgan fingerprint density at radius 1 is 0.556 bits per heavy atom. The Morgan fingerprint density at radius 3 is 1.41 bits per heavy atom. The van der Waals surface area contributed by atoms with Crippen LogP contribution in [0.25, 0.3) is 0 Å². The Hall–Kier alpha value is -8.74. The molecular formula is C49H74N12O20. The minimum Gasteiger partial charge on any atom is -0.481 e. The van der Waals surface area contributed by atoms with E-state index in [2.05, 4.69) is 52.5 Å². The average molecular weight is 1150 g/mol. The first-order valence-corrected chi connectivity index (χ1v) is 26.0. The third-order valence-electron chi connectivity index (χ3n) is 12.6. The van der Waals surface area contributed by atoms with E-state index in [0.717, 1.165) is 0 Å². The largest absolute Gasteiger partial charge is 0.481 e. The molecule has 1 saturated heterocycles. The maximum absolute atomic E-state index is 14.2. The molecule has 1 aliphatic rings. The van der Waals surface area contributed by atoms with Crippen LogP contribution in [-0.4, -0.2) is 190 Å². The number of aromatic amines is 1. The Morgan fingerprint density at radius 2 is 0.988 bits per heavy atom. The van der Waals surface area contributed by atoms with Crippen LogP contribution < -0.4 is 48.3 Å². The molecule has 0 aliphatic carbocycles. The maximum atomic E-state index is 14.2. The van der Waals surface area contributed by atoms with Gasteiger partial charge in [0.15, 0.2) is 0 Å². The van der Waals surface area contributed by atoms with Crippen LogP contribution in [0.5, 0.6) is 0 Å². The number of H-pyrrole nitrogens is 1. The number of carboxylic acids is 5. The molecule has 2 heterocycles. The van der Waals surface area contributed by atoms with Crippen molar-refractivity contribution < 1.29 is 97.5 Å². The Balaban J connectivity index is 2.48. The number of nitrogens with zero attached hydrogens (tertiary/aromatic N) is 2. The molecule has 32 nitrogen and oxygen atoms in total. The fourth-order valence-corrected chi connectivity index (χ4v) is 8.30. The predicted molar refractivity (Wildman–Crippen MR) is 276 cm³/mol. The van der Waals surface area contributed by atoms with E-state index in [9.17, 15) is 97.5 Å². The fraction of sp³-hybridized carbons (Fsp3) is 0.633. The Labute approximate surface area is 464 Å². The molecule has 1 aromatic heterocycles. The van der Waals surface area contributed by atoms with Gasteiger partial charge in [-0.25, -0.2) is 4.98 Å². The lowest BCUT2D eigenvalue weighted by molar-refractivity contribution is -0.143. The minimum absolute atomic E-state index is 0.0425. The van der Waals surface area contributed by atoms with Gasteiger partial charge in [-0.3, -0.25) is 71.9 Å². The van der Waals surface area contributed by atoms with E-state index in [4.69, 9.17) is 5.73 Å². The van der Waals surface area contributed by atoms with E-state index in [1.54, 1.807) is 6.92 Å². The molecule has 450 valence electrons. The molecule has 16 N–H and O–H groups in total. The molecule has 2 rings (SSSR count). The topological polar surface area (TPSA) is 511 Å². The van der Waals surface area contributed by atoms with Gasteiger partial charge in [-0.1, -0.05) is 34.6 Å². The SMILES string of the molecule is CCCC(=O)N[C@@H](CCC(=O)O)C(=O)N1CCC[C@H]1C(=O)NC(C(=O)N[C@@H](CCC(=O)O)C(=O)N[C@@H](Cc1cnc[nH]1)C(=O)N[C@@H](CCC(=O)O)C(=O)N[C@@H](CCC(=O)O)C(=O)N[C@@H](CC(=O)O)C(=O)NC(C(N)=O)C(C)C)C(C)C. The minimum atomic E-state index is -1.93. The zero-order valence-electron chi connectivity index (χ0n) is 45.4. The summed E-state index contributed by atoms with van der Waals surface area (Å²) >= 11 is 0. The molecule has 0 radical (unpaired) electrons. The van der Waals surface area contributed by atoms with Crippen molar-refractivity contribution in [2.24, 2.45) is 17.6 Å². The number of primary amides is 1. The third kappa shape index (κ3) is 24.0. The highest BCUT2D eigenvalue weighted by atomic mass is 16.4. The Kier molecular flexibility index (Phi) is 28.4. The quantitative estimate of drug-likeness (QED) is 0.0305. The van der Waals surface area contributed by atoms with Gasteiger partial charge in [0.25, 0.3) is 0 Å². The monoisotopic (exact) mass is 1150 g/mol. The lowest BCUT2D eigenvalue weighted by atomic mass is 10.0. The van der Waals surface area contributed by atoms with Crippen molar-refractivity contribution in [1.29, 1.82) is 0 Å². The molecule has 10 amide bonds. The van der Waals surface area contributed by atoms with Crippen LogP contribution in [0.4, 0.5) is 0 Å². The third-order valence-corrected chi connectivity index (χ3v) is 12.6. The van der Waals surface area contributed by atoms with Gasteiger partial charge in [0.05, 0.1) is 12.7 Å². The number of amides is 10. The first-order chi connectivity index (χ1) is 37.9. The smallest absolute Gasteiger partial charge is 0.305 e. The molecule has 32 heteroatoms. The molecule has 0 saturated carbocycles. The molecule has 81 heavy (non-hydrogen) atoms. The van der Waals surface area contributed by atoms with Crippen LogP contribution >= 0.6 is 0 Å². The van der Waals surface area contributed by atoms with Crippen molar-refractivity contribution >= 4 is 88.9 Å². The highest BCUT2D eigenvalue weighted by molar-refractivity contribution is 5.99. The summed E-state index contributed by atoms with van der Waals surface area (Å²) in [6, 6.07) is -14.6. The average Bonchev–Trinajstić information content (AvgIpc) is 4.10. The molecule has 0 spiro atoms. The zero-order valence-corrected chi connectivity index (χ0v) is 45.4. The highest BCUT2D eigenvalue weighted by Crippen LogP contribution is 2.21. The van der Waals surface area contributed by atoms with Crippen molar-refractivity contribution in [2.75, 3.05) is 6.54 Å². The second-order valence-electron chi connectivity index (χ2n) is 19.8. The second kappa shape index (κ2) is 33.6. The summed E-state index contributed by atoms with van der Waals surface area (Å²) in [5, 5.41) is 66.2. The summed E-state index contributed by atoms with van der Waals surface area (Å²) in [5.74, 6) is -18.9. The molecule has 2 unspecified atom stereocenters. The Bertz CT molecular complexity index is 2450. The summed E-state index contributed by atoms with van der Waals surface area (Å²) in [6.45, 7) is 7.82. The highest BCUT2D eigenvalue weighted by Gasteiger charge is 2.41. The van der Waals surface area contributed by atoms with Crippen LogP contribution in [0.1, 0.15) is 124 Å². The molecule has 1 aromatic rings. The number of likely N-dealkylation sites (tertiary alicyclic amines) is 1. The number of carboxylic acid groups (broad SMARTS) is 5. The van der Waals surface area contributed by atoms with Gasteiger partial charge >= 0.3 is 29.8 Å². The van der Waals surface area contributed by atoms with Gasteiger partial charge in [0, 0.05) is 57.0 Å². The van der Waals surface area contributed by atoms with Gasteiger partial charge in [-0.05, 0) is 56.8 Å². The van der Waals surface area contributed by atoms with Gasteiger partial charge in [0.1, 0.15) is 54.4 Å². The predicted octanol–water partition coefficient (Wildman–Crippen LogP) is -3.65. The van der Waals surface area contributed by atoms with Crippen molar-refractivity contribution in [3.8, 4) is 0 Å². The van der Waals surface area contributed by atoms with Crippen LogP contribution in [0, 0.1) is 11.8 Å². The fourth-order valence-electron chi connectivity index (χ4n) is 8.30. The van der Waals surface area contributed by atoms with Crippen molar-refractivity contribution in [3.63, 3.8) is 0 Å². The van der Waals surface area contributed by atoms with E-state index in [1.165, 1.54) is 45.1 Å². The van der Waals surface area contributed by atoms with E-state index in [0.29, 0.717) is 12.8 Å². The van der Waals surface area contributed by atoms with E-state index < -0.39 is 213 Å². The first-order valence-electron chi connectivity index (χ1n) is 26.0. The van der Waals surface area contributed by atoms with Gasteiger partial charge < -0.3 is 83.7 Å². The molecule has 0 bridgehead atoms. The molecular weight excluding hydrogens is 1080 g/mol. The lowest BCUT2D eigenvalue weighted by Gasteiger charge is -2.31. The van der Waals surface area contributed by atoms with Crippen LogP contribution in [0.15, 0.2) is 12.5 Å². The summed E-state index contributed by atoms with van der Waals surface area (Å²) in [6.07, 6.45) is -3.41. The second-order valence-corrected chi connectivity index (χ2v) is 19.8. The van der Waals surface area contributed by atoms with E-state index >= 15 is 0 Å². The number of aliphatic carboxylic acids is 5. The zero-order chi connectivity index (χ0) is 61.3. The van der Waals surface area contributed by atoms with Crippen LogP contribution in [0.2, 0.25) is 0 Å². The number of hydrogen-bond acceptors (Lipinski definition) is 16. The number of nitrogens with two attached hydrogens (primary N) is 1. The summed E-state index contributed by atoms with van der Waals surface area (Å²) in [4.78, 5) is 202. The van der Waals surface area contributed by atoms with Crippen molar-refractivity contribution in [3.05, 3.63) is 18.2 Å². The number of carbonyl (C=O) groups is 15. The molecule has 0 aromatic carbocycles. The van der Waals surface area contributed by atoms with E-state index in [-0.39, 0.29) is 31.5 Å². The summed E-state index contributed by atoms with van der Waals surface area (Å²) < 4.78 is 0. The standard InChI is InChI=1S/C49H74N12O20/c1-6-8-33(62)53-29(13-17-37(69)70)49(81)61-18-7-9-32(61)47(79)60-40(24(4)5)48(80)56-28(12-16-36(67)68)44(76)57-30(19-25-21-51-22-52-25)45(77)55-26(10-14-34(63)64)42(74)54-27(11-15-35(65)66)43(75)58-31(20-38(71)72)46(78)59-39(23(2)3)41(50)73/h21-24,26-32,39-40H,6-20H2,1-5H3,(H2,50,73)(H,51,52)(H,53,62)(H,54,74)(H,55,77)(H,56,80)(H,57,76)(H,58,75)(H,59,78)(H,60,79)(H,63,64)(H,65,66)(H,67,68)(H,69,70)(H,71,72)/t26-,27-,28-,29-,30-,31-,32-,39?,40?/m0/s1. The number of nitrogens with one attached hydrogen (secondary N) is 9. The number of hydrogen-bond donors (Lipinski definition) is 15. The number of carbonyl (C=O) groups excluding carboxylic acids is 10. The van der Waals surface area contributed by atoms with Crippen LogP contribution in [-0.2, 0) is 78.3 Å². The van der Waals surface area contributed by atoms with Gasteiger partial charge in [0.2, 0.25) is 59.1 Å². The van der Waals surface area contributed by atoms with E-state index in [1.807, 2.05) is 0 Å². The normalized spacial score (nSPS) is 15.9. The maximum Gasteiger partial charge on any atom is 0.305 e. The molecule has 9 atom stereocenters. The summed E-state index contributed by atoms with van der Waals surface area (Å²) in [7, 11) is 0. The lowest BCUT2D eigenvalue weighted by Crippen LogP contribution is -2.61. The molecule has 1 aliphatic heterocycles. The molecule has 1 fully saturated rings. The van der Waals surface area contributed by atoms with Gasteiger partial charge in [-0.2, -0.15) is 0 Å². The number of imidazole rings is 1. The first kappa shape index (κ1) is 68.4. The van der Waals surface area contributed by atoms with Crippen molar-refractivity contribution in [2.45, 2.75) is 179 Å². The number of rotatable bonds is 37. The summed E-state index contributed by atoms with van der Waals surface area (Å²) in [5.41, 5.74) is 5.53. The van der Waals surface area contributed by atoms with Crippen molar-refractivity contribution in [1.82, 2.24) is 57.4 Å².